The van der Waals surface area contributed by atoms with E-state index in [4.69, 9.17) is 4.74 Å². The van der Waals surface area contributed by atoms with Gasteiger partial charge in [0.05, 0.1) is 6.54 Å². The van der Waals surface area contributed by atoms with Crippen LogP contribution >= 0.6 is 0 Å². The van der Waals surface area contributed by atoms with Gasteiger partial charge in [-0.2, -0.15) is 5.10 Å². The van der Waals surface area contributed by atoms with Crippen molar-refractivity contribution in [2.45, 2.75) is 53.2 Å². The minimum Gasteiger partial charge on any atom is -0.444 e. The van der Waals surface area contributed by atoms with Gasteiger partial charge in [0.15, 0.2) is 5.69 Å². The molecular weight excluding hydrogens is 356 g/mol. The third kappa shape index (κ3) is 4.18. The molecule has 2 aromatic rings. The van der Waals surface area contributed by atoms with Gasteiger partial charge < -0.3 is 15.0 Å². The zero-order valence-electron chi connectivity index (χ0n) is 17.4. The van der Waals surface area contributed by atoms with Gasteiger partial charge >= 0.3 is 6.09 Å². The number of nitrogens with one attached hydrogen (secondary N) is 1. The molecule has 7 nitrogen and oxygen atoms in total. The highest BCUT2D eigenvalue weighted by atomic mass is 16.6. The Hall–Kier alpha value is -2.83. The summed E-state index contributed by atoms with van der Waals surface area (Å²) < 4.78 is 7.22. The Morgan fingerprint density at radius 1 is 1.21 bits per heavy atom. The summed E-state index contributed by atoms with van der Waals surface area (Å²) in [6.45, 7) is 10.3. The van der Waals surface area contributed by atoms with Gasteiger partial charge in [-0.3, -0.25) is 9.48 Å². The average molecular weight is 384 g/mol. The number of ether oxygens (including phenoxy) is 1. The lowest BCUT2D eigenvalue weighted by atomic mass is 10.0. The van der Waals surface area contributed by atoms with E-state index in [1.54, 1.807) is 9.58 Å². The van der Waals surface area contributed by atoms with Crippen molar-refractivity contribution in [2.24, 2.45) is 7.05 Å². The molecule has 1 aromatic carbocycles. The third-order valence-corrected chi connectivity index (χ3v) is 4.75. The molecule has 0 atom stereocenters. The van der Waals surface area contributed by atoms with Crippen LogP contribution in [0, 0.1) is 13.8 Å². The first-order chi connectivity index (χ1) is 13.0. The second kappa shape index (κ2) is 7.30. The SMILES string of the molecule is Cc1ccc(C)c(NC(=O)c2nn(C)c3c2CN(C(=O)OC(C)(C)C)CC3)c1. The minimum atomic E-state index is -0.560. The van der Waals surface area contributed by atoms with E-state index >= 15 is 0 Å². The number of hydrogen-bond donors (Lipinski definition) is 1. The lowest BCUT2D eigenvalue weighted by Gasteiger charge is -2.30. The van der Waals surface area contributed by atoms with Crippen LogP contribution in [-0.4, -0.2) is 38.8 Å². The molecule has 0 fully saturated rings. The molecule has 150 valence electrons. The van der Waals surface area contributed by atoms with E-state index in [-0.39, 0.29) is 12.0 Å². The maximum Gasteiger partial charge on any atom is 0.410 e. The fourth-order valence-electron chi connectivity index (χ4n) is 3.31. The largest absolute Gasteiger partial charge is 0.444 e. The van der Waals surface area contributed by atoms with Crippen LogP contribution in [0.2, 0.25) is 0 Å². The number of aromatic nitrogens is 2. The van der Waals surface area contributed by atoms with Gasteiger partial charge in [-0.15, -0.1) is 0 Å². The Labute approximate surface area is 165 Å². The zero-order valence-corrected chi connectivity index (χ0v) is 17.4. The zero-order chi connectivity index (χ0) is 20.6. The van der Waals surface area contributed by atoms with Crippen LogP contribution in [-0.2, 0) is 24.8 Å². The smallest absolute Gasteiger partial charge is 0.410 e. The van der Waals surface area contributed by atoms with Crippen molar-refractivity contribution in [1.29, 1.82) is 0 Å². The monoisotopic (exact) mass is 384 g/mol. The standard InChI is InChI=1S/C21H28N4O3/c1-13-7-8-14(2)16(11-13)22-19(26)18-15-12-25(20(27)28-21(3,4)5)10-9-17(15)24(6)23-18/h7-8,11H,9-10,12H2,1-6H3,(H,22,26). The number of carbonyl (C=O) groups excluding carboxylic acids is 2. The summed E-state index contributed by atoms with van der Waals surface area (Å²) in [6.07, 6.45) is 0.261. The first-order valence-electron chi connectivity index (χ1n) is 9.46. The van der Waals surface area contributed by atoms with Gasteiger partial charge in [0, 0.05) is 37.0 Å². The molecule has 0 aliphatic carbocycles. The average Bonchev–Trinajstić information content (AvgIpc) is 2.93. The molecule has 7 heteroatoms. The van der Waals surface area contributed by atoms with E-state index in [0.29, 0.717) is 25.2 Å². The number of hydrogen-bond acceptors (Lipinski definition) is 4. The molecule has 3 rings (SSSR count). The highest BCUT2D eigenvalue weighted by Gasteiger charge is 2.31. The maximum atomic E-state index is 12.9. The fourth-order valence-corrected chi connectivity index (χ4v) is 3.31. The molecule has 0 radical (unpaired) electrons. The van der Waals surface area contributed by atoms with Crippen LogP contribution in [0.25, 0.3) is 0 Å². The molecule has 0 unspecified atom stereocenters. The Kier molecular flexibility index (Phi) is 5.19. The van der Waals surface area contributed by atoms with Gasteiger partial charge in [-0.1, -0.05) is 12.1 Å². The summed E-state index contributed by atoms with van der Waals surface area (Å²) in [5.74, 6) is -0.267. The molecule has 2 amide bonds. The normalized spacial score (nSPS) is 13.9. The first kappa shape index (κ1) is 19.9. The Balaban J connectivity index is 1.84. The number of benzene rings is 1. The molecule has 0 saturated carbocycles. The van der Waals surface area contributed by atoms with E-state index in [9.17, 15) is 9.59 Å². The Bertz CT molecular complexity index is 924. The Morgan fingerprint density at radius 3 is 2.61 bits per heavy atom. The number of anilines is 1. The minimum absolute atomic E-state index is 0.267. The van der Waals surface area contributed by atoms with E-state index in [2.05, 4.69) is 10.4 Å². The van der Waals surface area contributed by atoms with E-state index in [0.717, 1.165) is 28.1 Å². The molecular formula is C21H28N4O3. The second-order valence-electron chi connectivity index (χ2n) is 8.32. The Morgan fingerprint density at radius 2 is 1.93 bits per heavy atom. The van der Waals surface area contributed by atoms with Crippen LogP contribution in [0.1, 0.15) is 53.6 Å². The summed E-state index contributed by atoms with van der Waals surface area (Å²) in [6, 6.07) is 5.92. The van der Waals surface area contributed by atoms with Crippen LogP contribution in [0.5, 0.6) is 0 Å². The van der Waals surface area contributed by atoms with Gasteiger partial charge in [-0.25, -0.2) is 4.79 Å². The molecule has 1 aliphatic rings. The number of amides is 2. The third-order valence-electron chi connectivity index (χ3n) is 4.75. The molecule has 1 aliphatic heterocycles. The van der Waals surface area contributed by atoms with Crippen molar-refractivity contribution >= 4 is 17.7 Å². The number of rotatable bonds is 2. The quantitative estimate of drug-likeness (QED) is 0.859. The van der Waals surface area contributed by atoms with Crippen molar-refractivity contribution in [3.05, 3.63) is 46.3 Å². The maximum absolute atomic E-state index is 12.9. The van der Waals surface area contributed by atoms with Crippen molar-refractivity contribution in [2.75, 3.05) is 11.9 Å². The molecule has 2 heterocycles. The number of carbonyl (C=O) groups is 2. The van der Waals surface area contributed by atoms with Crippen molar-refractivity contribution in [1.82, 2.24) is 14.7 Å². The summed E-state index contributed by atoms with van der Waals surface area (Å²) in [5.41, 5.74) is 4.37. The van der Waals surface area contributed by atoms with E-state index < -0.39 is 5.60 Å². The molecule has 0 saturated heterocycles. The van der Waals surface area contributed by atoms with Crippen molar-refractivity contribution in [3.8, 4) is 0 Å². The number of aryl methyl sites for hydroxylation is 3. The lowest BCUT2D eigenvalue weighted by Crippen LogP contribution is -2.40. The highest BCUT2D eigenvalue weighted by Crippen LogP contribution is 2.25. The number of nitrogens with zero attached hydrogens (tertiary/aromatic N) is 3. The first-order valence-corrected chi connectivity index (χ1v) is 9.46. The lowest BCUT2D eigenvalue weighted by molar-refractivity contribution is 0.0222. The molecule has 28 heavy (non-hydrogen) atoms. The van der Waals surface area contributed by atoms with Gasteiger partial charge in [0.1, 0.15) is 5.60 Å². The van der Waals surface area contributed by atoms with Crippen LogP contribution < -0.4 is 5.32 Å². The topological polar surface area (TPSA) is 76.5 Å². The summed E-state index contributed by atoms with van der Waals surface area (Å²) >= 11 is 0. The molecule has 0 bridgehead atoms. The summed E-state index contributed by atoms with van der Waals surface area (Å²) in [4.78, 5) is 27.0. The van der Waals surface area contributed by atoms with Crippen LogP contribution in [0.3, 0.4) is 0 Å². The van der Waals surface area contributed by atoms with E-state index in [1.165, 1.54) is 0 Å². The fraction of sp³-hybridized carbons (Fsp3) is 0.476. The molecule has 0 spiro atoms. The molecule has 1 N–H and O–H groups in total. The van der Waals surface area contributed by atoms with Gasteiger partial charge in [0.2, 0.25) is 0 Å². The highest BCUT2D eigenvalue weighted by molar-refractivity contribution is 6.04. The van der Waals surface area contributed by atoms with Crippen molar-refractivity contribution in [3.63, 3.8) is 0 Å². The van der Waals surface area contributed by atoms with E-state index in [1.807, 2.05) is 59.9 Å². The van der Waals surface area contributed by atoms with Gasteiger partial charge in [-0.05, 0) is 51.8 Å². The second-order valence-corrected chi connectivity index (χ2v) is 8.32. The predicted octanol–water partition coefficient (Wildman–Crippen LogP) is 3.58. The summed E-state index contributed by atoms with van der Waals surface area (Å²) in [7, 11) is 1.83. The predicted molar refractivity (Wildman–Crippen MR) is 107 cm³/mol. The molecule has 1 aromatic heterocycles. The van der Waals surface area contributed by atoms with Crippen molar-refractivity contribution < 1.29 is 14.3 Å². The van der Waals surface area contributed by atoms with Crippen LogP contribution in [0.15, 0.2) is 18.2 Å². The van der Waals surface area contributed by atoms with Crippen LogP contribution in [0.4, 0.5) is 10.5 Å². The van der Waals surface area contributed by atoms with Gasteiger partial charge in [0.25, 0.3) is 5.91 Å². The summed E-state index contributed by atoms with van der Waals surface area (Å²) in [5, 5.41) is 7.40. The number of fused-ring (bicyclic) bond motifs is 1.